The van der Waals surface area contributed by atoms with Crippen LogP contribution in [0.15, 0.2) is 0 Å². The summed E-state index contributed by atoms with van der Waals surface area (Å²) >= 11 is 0. The van der Waals surface area contributed by atoms with E-state index in [1.54, 1.807) is 0 Å². The first kappa shape index (κ1) is 23.2. The number of hydrogen-bond acceptors (Lipinski definition) is 3. The summed E-state index contributed by atoms with van der Waals surface area (Å²) in [6.07, 6.45) is 2.59. The number of carbonyl (C=O) groups excluding carboxylic acids is 1. The minimum atomic E-state index is -0.444. The number of carbonyl (C=O) groups is 1. The Hall–Kier alpha value is -0.0300. The average molecular weight is 342 g/mol. The molecule has 2 unspecified atom stereocenters. The SMILES string of the molecule is CC1CCCN(C(C)CNC(=O)[C@@H](N)C(C)(C)C)C1.Cl.Cl. The molecule has 1 aliphatic rings. The molecule has 0 aliphatic carbocycles. The Morgan fingerprint density at radius 1 is 1.38 bits per heavy atom. The van der Waals surface area contributed by atoms with Gasteiger partial charge in [0.2, 0.25) is 5.91 Å². The maximum absolute atomic E-state index is 12.0. The van der Waals surface area contributed by atoms with Crippen LogP contribution < -0.4 is 11.1 Å². The van der Waals surface area contributed by atoms with Crippen LogP contribution in [-0.4, -0.2) is 42.5 Å². The molecule has 1 saturated heterocycles. The lowest BCUT2D eigenvalue weighted by molar-refractivity contribution is -0.124. The first-order valence-corrected chi connectivity index (χ1v) is 7.49. The molecule has 1 heterocycles. The summed E-state index contributed by atoms with van der Waals surface area (Å²) in [7, 11) is 0. The largest absolute Gasteiger partial charge is 0.353 e. The van der Waals surface area contributed by atoms with Crippen LogP contribution >= 0.6 is 24.8 Å². The zero-order valence-electron chi connectivity index (χ0n) is 14.0. The van der Waals surface area contributed by atoms with E-state index in [0.717, 1.165) is 19.0 Å². The fraction of sp³-hybridized carbons (Fsp3) is 0.933. The molecule has 0 radical (unpaired) electrons. The highest BCUT2D eigenvalue weighted by Gasteiger charge is 2.28. The van der Waals surface area contributed by atoms with Gasteiger partial charge in [0, 0.05) is 19.1 Å². The standard InChI is InChI=1S/C15H31N3O.2ClH/c1-11-7-6-8-18(10-11)12(2)9-17-14(19)13(16)15(3,4)5;;/h11-13H,6-10,16H2,1-5H3,(H,17,19);2*1H/t11?,12?,13-;;/m1../s1. The van der Waals surface area contributed by atoms with Crippen molar-refractivity contribution in [2.24, 2.45) is 17.1 Å². The lowest BCUT2D eigenvalue weighted by Crippen LogP contribution is -2.52. The fourth-order valence-corrected chi connectivity index (χ4v) is 2.51. The molecule has 0 spiro atoms. The van der Waals surface area contributed by atoms with Crippen LogP contribution in [0.1, 0.15) is 47.5 Å². The van der Waals surface area contributed by atoms with Gasteiger partial charge < -0.3 is 11.1 Å². The average Bonchev–Trinajstić information content (AvgIpc) is 2.33. The van der Waals surface area contributed by atoms with E-state index in [2.05, 4.69) is 24.1 Å². The van der Waals surface area contributed by atoms with E-state index < -0.39 is 6.04 Å². The molecule has 0 aromatic heterocycles. The topological polar surface area (TPSA) is 58.4 Å². The highest BCUT2D eigenvalue weighted by molar-refractivity contribution is 5.85. The van der Waals surface area contributed by atoms with Crippen molar-refractivity contribution in [3.63, 3.8) is 0 Å². The Balaban J connectivity index is 0. The predicted molar refractivity (Wildman–Crippen MR) is 94.4 cm³/mol. The molecule has 6 heteroatoms. The van der Waals surface area contributed by atoms with Crippen LogP contribution in [0.25, 0.3) is 0 Å². The summed E-state index contributed by atoms with van der Waals surface area (Å²) < 4.78 is 0. The lowest BCUT2D eigenvalue weighted by Gasteiger charge is -2.36. The first-order valence-electron chi connectivity index (χ1n) is 7.49. The zero-order chi connectivity index (χ0) is 14.6. The van der Waals surface area contributed by atoms with E-state index in [4.69, 9.17) is 5.73 Å². The smallest absolute Gasteiger partial charge is 0.237 e. The van der Waals surface area contributed by atoms with Crippen LogP contribution in [0.2, 0.25) is 0 Å². The van der Waals surface area contributed by atoms with Gasteiger partial charge in [-0.2, -0.15) is 0 Å². The second-order valence-corrected chi connectivity index (χ2v) is 7.18. The van der Waals surface area contributed by atoms with E-state index in [1.807, 2.05) is 20.8 Å². The van der Waals surface area contributed by atoms with Crippen molar-refractivity contribution >= 4 is 30.7 Å². The van der Waals surface area contributed by atoms with Gasteiger partial charge in [0.25, 0.3) is 0 Å². The van der Waals surface area contributed by atoms with Crippen LogP contribution in [0.4, 0.5) is 0 Å². The molecule has 0 bridgehead atoms. The molecule has 3 atom stereocenters. The van der Waals surface area contributed by atoms with Crippen LogP contribution in [0, 0.1) is 11.3 Å². The molecule has 3 N–H and O–H groups in total. The third-order valence-electron chi connectivity index (χ3n) is 4.10. The summed E-state index contributed by atoms with van der Waals surface area (Å²) in [6, 6.07) is -0.0566. The normalized spacial score (nSPS) is 22.5. The Morgan fingerprint density at radius 3 is 2.43 bits per heavy atom. The molecule has 1 aliphatic heterocycles. The molecule has 4 nitrogen and oxygen atoms in total. The molecule has 0 saturated carbocycles. The molecule has 0 aromatic carbocycles. The maximum Gasteiger partial charge on any atom is 0.237 e. The third-order valence-corrected chi connectivity index (χ3v) is 4.10. The van der Waals surface area contributed by atoms with Gasteiger partial charge in [0.15, 0.2) is 0 Å². The molecule has 1 fully saturated rings. The van der Waals surface area contributed by atoms with Crippen molar-refractivity contribution < 1.29 is 4.79 Å². The quantitative estimate of drug-likeness (QED) is 0.825. The molecular weight excluding hydrogens is 309 g/mol. The number of hydrogen-bond donors (Lipinski definition) is 2. The van der Waals surface area contributed by atoms with E-state index in [-0.39, 0.29) is 36.1 Å². The summed E-state index contributed by atoms with van der Waals surface area (Å²) in [6.45, 7) is 13.4. The van der Waals surface area contributed by atoms with Gasteiger partial charge in [0.1, 0.15) is 0 Å². The van der Waals surface area contributed by atoms with Crippen LogP contribution in [-0.2, 0) is 4.79 Å². The van der Waals surface area contributed by atoms with Gasteiger partial charge >= 0.3 is 0 Å². The minimum absolute atomic E-state index is 0. The van der Waals surface area contributed by atoms with Crippen molar-refractivity contribution in [3.8, 4) is 0 Å². The Labute approximate surface area is 142 Å². The third kappa shape index (κ3) is 7.68. The summed E-state index contributed by atoms with van der Waals surface area (Å²) in [5, 5.41) is 3.00. The van der Waals surface area contributed by atoms with Crippen molar-refractivity contribution in [1.29, 1.82) is 0 Å². The lowest BCUT2D eigenvalue weighted by atomic mass is 9.87. The number of amides is 1. The number of nitrogens with zero attached hydrogens (tertiary/aromatic N) is 1. The Morgan fingerprint density at radius 2 is 1.95 bits per heavy atom. The first-order chi connectivity index (χ1) is 8.71. The molecule has 128 valence electrons. The van der Waals surface area contributed by atoms with Crippen molar-refractivity contribution in [2.45, 2.75) is 59.5 Å². The number of rotatable bonds is 4. The van der Waals surface area contributed by atoms with Crippen molar-refractivity contribution in [1.82, 2.24) is 10.2 Å². The highest BCUT2D eigenvalue weighted by atomic mass is 35.5. The summed E-state index contributed by atoms with van der Waals surface area (Å²) in [5.41, 5.74) is 5.77. The van der Waals surface area contributed by atoms with E-state index in [9.17, 15) is 4.79 Å². The molecule has 0 aromatic rings. The number of nitrogens with two attached hydrogens (primary N) is 1. The van der Waals surface area contributed by atoms with Gasteiger partial charge in [-0.15, -0.1) is 24.8 Å². The number of nitrogens with one attached hydrogen (secondary N) is 1. The zero-order valence-corrected chi connectivity index (χ0v) is 15.6. The minimum Gasteiger partial charge on any atom is -0.353 e. The summed E-state index contributed by atoms with van der Waals surface area (Å²) in [5.74, 6) is 0.730. The Bertz CT molecular complexity index is 308. The predicted octanol–water partition coefficient (Wildman–Crippen LogP) is 2.44. The second kappa shape index (κ2) is 9.88. The van der Waals surface area contributed by atoms with Gasteiger partial charge in [-0.1, -0.05) is 27.7 Å². The second-order valence-electron chi connectivity index (χ2n) is 7.18. The van der Waals surface area contributed by atoms with Gasteiger partial charge in [0.05, 0.1) is 6.04 Å². The number of piperidine rings is 1. The maximum atomic E-state index is 12.0. The van der Waals surface area contributed by atoms with Crippen LogP contribution in [0.5, 0.6) is 0 Å². The Kier molecular flexibility index (Phi) is 10.9. The molecule has 1 amide bonds. The molecule has 1 rings (SSSR count). The monoisotopic (exact) mass is 341 g/mol. The van der Waals surface area contributed by atoms with Crippen molar-refractivity contribution in [2.75, 3.05) is 19.6 Å². The van der Waals surface area contributed by atoms with Gasteiger partial charge in [-0.25, -0.2) is 0 Å². The fourth-order valence-electron chi connectivity index (χ4n) is 2.51. The number of halogens is 2. The van der Waals surface area contributed by atoms with Gasteiger partial charge in [-0.05, 0) is 37.6 Å². The number of likely N-dealkylation sites (tertiary alicyclic amines) is 1. The highest BCUT2D eigenvalue weighted by Crippen LogP contribution is 2.18. The molecule has 21 heavy (non-hydrogen) atoms. The van der Waals surface area contributed by atoms with E-state index in [1.165, 1.54) is 12.8 Å². The summed E-state index contributed by atoms with van der Waals surface area (Å²) in [4.78, 5) is 14.5. The van der Waals surface area contributed by atoms with Crippen molar-refractivity contribution in [3.05, 3.63) is 0 Å². The van der Waals surface area contributed by atoms with E-state index >= 15 is 0 Å². The van der Waals surface area contributed by atoms with E-state index in [0.29, 0.717) is 12.6 Å². The van der Waals surface area contributed by atoms with Crippen LogP contribution in [0.3, 0.4) is 0 Å². The van der Waals surface area contributed by atoms with Gasteiger partial charge in [-0.3, -0.25) is 9.69 Å². The molecular formula is C15H33Cl2N3O.